The number of pyridine rings is 1. The number of nitrogens with zero attached hydrogens (tertiary/aromatic N) is 1. The molecule has 0 aliphatic heterocycles. The summed E-state index contributed by atoms with van der Waals surface area (Å²) in [6.07, 6.45) is 5.54. The second-order valence-electron chi connectivity index (χ2n) is 3.65. The standard InChI is InChI=1S/C12H17N3O/c1-3-5-11(13)12(16)15-9(2)10-6-4-7-14-8-10/h3-4,6-9,11H,1,5,13H2,2H3,(H,15,16)/t9-,11?/m0/s1. The molecule has 86 valence electrons. The van der Waals surface area contributed by atoms with Crippen LogP contribution in [0.4, 0.5) is 0 Å². The zero-order valence-electron chi connectivity index (χ0n) is 9.39. The lowest BCUT2D eigenvalue weighted by Crippen LogP contribution is -2.41. The summed E-state index contributed by atoms with van der Waals surface area (Å²) in [5.74, 6) is -0.170. The van der Waals surface area contributed by atoms with Crippen molar-refractivity contribution in [2.75, 3.05) is 0 Å². The predicted octanol–water partition coefficient (Wildman–Crippen LogP) is 1.16. The van der Waals surface area contributed by atoms with Gasteiger partial charge in [-0.25, -0.2) is 0 Å². The van der Waals surface area contributed by atoms with Crippen molar-refractivity contribution in [3.63, 3.8) is 0 Å². The highest BCUT2D eigenvalue weighted by atomic mass is 16.2. The van der Waals surface area contributed by atoms with Crippen LogP contribution in [0.5, 0.6) is 0 Å². The van der Waals surface area contributed by atoms with E-state index in [9.17, 15) is 4.79 Å². The molecule has 0 bridgehead atoms. The van der Waals surface area contributed by atoms with Crippen molar-refractivity contribution in [2.45, 2.75) is 25.4 Å². The highest BCUT2D eigenvalue weighted by molar-refractivity contribution is 5.82. The van der Waals surface area contributed by atoms with E-state index in [2.05, 4.69) is 16.9 Å². The van der Waals surface area contributed by atoms with Gasteiger partial charge in [-0.15, -0.1) is 6.58 Å². The van der Waals surface area contributed by atoms with Gasteiger partial charge in [-0.3, -0.25) is 9.78 Å². The van der Waals surface area contributed by atoms with E-state index in [0.717, 1.165) is 5.56 Å². The fraction of sp³-hybridized carbons (Fsp3) is 0.333. The number of hydrogen-bond donors (Lipinski definition) is 2. The Bertz CT molecular complexity index is 351. The van der Waals surface area contributed by atoms with Crippen LogP contribution >= 0.6 is 0 Å². The molecular formula is C12H17N3O. The van der Waals surface area contributed by atoms with Crippen LogP contribution in [0.1, 0.15) is 24.9 Å². The smallest absolute Gasteiger partial charge is 0.237 e. The lowest BCUT2D eigenvalue weighted by Gasteiger charge is -2.16. The quantitative estimate of drug-likeness (QED) is 0.730. The average molecular weight is 219 g/mol. The average Bonchev–Trinajstić information content (AvgIpc) is 2.30. The molecule has 0 aliphatic carbocycles. The maximum atomic E-state index is 11.6. The fourth-order valence-electron chi connectivity index (χ4n) is 1.32. The molecule has 1 unspecified atom stereocenters. The summed E-state index contributed by atoms with van der Waals surface area (Å²) in [7, 11) is 0. The monoisotopic (exact) mass is 219 g/mol. The maximum absolute atomic E-state index is 11.6. The molecule has 0 aromatic carbocycles. The van der Waals surface area contributed by atoms with Gasteiger partial charge in [-0.2, -0.15) is 0 Å². The van der Waals surface area contributed by atoms with Crippen LogP contribution in [0.3, 0.4) is 0 Å². The van der Waals surface area contributed by atoms with Crippen molar-refractivity contribution >= 4 is 5.91 Å². The van der Waals surface area contributed by atoms with E-state index < -0.39 is 6.04 Å². The second-order valence-corrected chi connectivity index (χ2v) is 3.65. The molecular weight excluding hydrogens is 202 g/mol. The van der Waals surface area contributed by atoms with Crippen molar-refractivity contribution < 1.29 is 4.79 Å². The van der Waals surface area contributed by atoms with Gasteiger partial charge in [0.1, 0.15) is 0 Å². The van der Waals surface area contributed by atoms with E-state index in [1.54, 1.807) is 18.5 Å². The molecule has 0 saturated heterocycles. The summed E-state index contributed by atoms with van der Waals surface area (Å²) < 4.78 is 0. The molecule has 0 aliphatic rings. The number of carbonyl (C=O) groups is 1. The summed E-state index contributed by atoms with van der Waals surface area (Å²) in [4.78, 5) is 15.6. The Labute approximate surface area is 95.6 Å². The largest absolute Gasteiger partial charge is 0.348 e. The molecule has 0 spiro atoms. The molecule has 1 aromatic heterocycles. The van der Waals surface area contributed by atoms with Gasteiger partial charge in [0.15, 0.2) is 0 Å². The molecule has 1 aromatic rings. The summed E-state index contributed by atoms with van der Waals surface area (Å²) >= 11 is 0. The first kappa shape index (κ1) is 12.4. The van der Waals surface area contributed by atoms with Gasteiger partial charge in [0.2, 0.25) is 5.91 Å². The van der Waals surface area contributed by atoms with E-state index >= 15 is 0 Å². The van der Waals surface area contributed by atoms with E-state index in [0.29, 0.717) is 6.42 Å². The molecule has 1 heterocycles. The van der Waals surface area contributed by atoms with Gasteiger partial charge in [0, 0.05) is 12.4 Å². The zero-order valence-corrected chi connectivity index (χ0v) is 9.39. The Morgan fingerprint density at radius 1 is 1.75 bits per heavy atom. The van der Waals surface area contributed by atoms with Gasteiger partial charge >= 0.3 is 0 Å². The van der Waals surface area contributed by atoms with Gasteiger partial charge in [-0.1, -0.05) is 12.1 Å². The van der Waals surface area contributed by atoms with Crippen molar-refractivity contribution in [1.82, 2.24) is 10.3 Å². The van der Waals surface area contributed by atoms with Crippen molar-refractivity contribution in [1.29, 1.82) is 0 Å². The first-order chi connectivity index (χ1) is 7.65. The van der Waals surface area contributed by atoms with E-state index in [1.165, 1.54) is 0 Å². The minimum atomic E-state index is -0.531. The maximum Gasteiger partial charge on any atom is 0.237 e. The fourth-order valence-corrected chi connectivity index (χ4v) is 1.32. The van der Waals surface area contributed by atoms with Crippen LogP contribution in [0, 0.1) is 0 Å². The normalized spacial score (nSPS) is 13.9. The Morgan fingerprint density at radius 3 is 3.06 bits per heavy atom. The van der Waals surface area contributed by atoms with Crippen molar-refractivity contribution in [2.24, 2.45) is 5.73 Å². The second kappa shape index (κ2) is 6.02. The molecule has 4 nitrogen and oxygen atoms in total. The number of nitrogens with one attached hydrogen (secondary N) is 1. The molecule has 0 saturated carbocycles. The zero-order chi connectivity index (χ0) is 12.0. The third-order valence-corrected chi connectivity index (χ3v) is 2.30. The van der Waals surface area contributed by atoms with Crippen molar-refractivity contribution in [3.8, 4) is 0 Å². The Kier molecular flexibility index (Phi) is 4.66. The van der Waals surface area contributed by atoms with Crippen molar-refractivity contribution in [3.05, 3.63) is 42.7 Å². The highest BCUT2D eigenvalue weighted by Gasteiger charge is 2.15. The van der Waals surface area contributed by atoms with Gasteiger partial charge < -0.3 is 11.1 Å². The summed E-state index contributed by atoms with van der Waals surface area (Å²) in [6, 6.07) is 3.13. The van der Waals surface area contributed by atoms with Gasteiger partial charge in [0.25, 0.3) is 0 Å². The number of carbonyl (C=O) groups excluding carboxylic acids is 1. The molecule has 0 fully saturated rings. The van der Waals surface area contributed by atoms with Crippen LogP contribution in [-0.2, 0) is 4.79 Å². The van der Waals surface area contributed by atoms with E-state index in [4.69, 9.17) is 5.73 Å². The molecule has 4 heteroatoms. The third-order valence-electron chi connectivity index (χ3n) is 2.30. The Hall–Kier alpha value is -1.68. The van der Waals surface area contributed by atoms with Crippen LogP contribution in [0.25, 0.3) is 0 Å². The molecule has 16 heavy (non-hydrogen) atoms. The molecule has 2 atom stereocenters. The lowest BCUT2D eigenvalue weighted by atomic mass is 10.1. The molecule has 1 amide bonds. The third kappa shape index (κ3) is 3.47. The molecule has 0 radical (unpaired) electrons. The molecule has 1 rings (SSSR count). The predicted molar refractivity (Wildman–Crippen MR) is 63.6 cm³/mol. The van der Waals surface area contributed by atoms with Gasteiger partial charge in [-0.05, 0) is 25.0 Å². The summed E-state index contributed by atoms with van der Waals surface area (Å²) in [6.45, 7) is 5.45. The van der Waals surface area contributed by atoms with Crippen LogP contribution < -0.4 is 11.1 Å². The van der Waals surface area contributed by atoms with E-state index in [1.807, 2.05) is 19.1 Å². The lowest BCUT2D eigenvalue weighted by molar-refractivity contribution is -0.122. The first-order valence-corrected chi connectivity index (χ1v) is 5.22. The number of nitrogens with two attached hydrogens (primary N) is 1. The van der Waals surface area contributed by atoms with Crippen LogP contribution in [0.2, 0.25) is 0 Å². The van der Waals surface area contributed by atoms with Crippen LogP contribution in [-0.4, -0.2) is 16.9 Å². The SMILES string of the molecule is C=CCC(N)C(=O)N[C@@H](C)c1cccnc1. The topological polar surface area (TPSA) is 68.0 Å². The number of hydrogen-bond acceptors (Lipinski definition) is 3. The molecule has 3 N–H and O–H groups in total. The van der Waals surface area contributed by atoms with Crippen LogP contribution in [0.15, 0.2) is 37.2 Å². The summed E-state index contributed by atoms with van der Waals surface area (Å²) in [5, 5.41) is 2.83. The number of rotatable bonds is 5. The number of aromatic nitrogens is 1. The summed E-state index contributed by atoms with van der Waals surface area (Å²) in [5.41, 5.74) is 6.62. The Balaban J connectivity index is 2.55. The first-order valence-electron chi connectivity index (χ1n) is 5.22. The Morgan fingerprint density at radius 2 is 2.50 bits per heavy atom. The minimum Gasteiger partial charge on any atom is -0.348 e. The van der Waals surface area contributed by atoms with E-state index in [-0.39, 0.29) is 11.9 Å². The number of amides is 1. The van der Waals surface area contributed by atoms with Gasteiger partial charge in [0.05, 0.1) is 12.1 Å². The minimum absolute atomic E-state index is 0.0861. The highest BCUT2D eigenvalue weighted by Crippen LogP contribution is 2.09.